The molecule has 0 saturated heterocycles. The predicted octanol–water partition coefficient (Wildman–Crippen LogP) is 3.73. The maximum atomic E-state index is 13.4. The van der Waals surface area contributed by atoms with Gasteiger partial charge in [0.2, 0.25) is 5.91 Å². The lowest BCUT2D eigenvalue weighted by atomic mass is 9.97. The molecule has 9 heteroatoms. The Kier molecular flexibility index (Phi) is 5.36. The molecule has 1 atom stereocenters. The van der Waals surface area contributed by atoms with E-state index in [2.05, 4.69) is 5.10 Å². The Balaban J connectivity index is 1.84. The van der Waals surface area contributed by atoms with Crippen LogP contribution < -0.4 is 4.74 Å². The van der Waals surface area contributed by atoms with Crippen molar-refractivity contribution in [3.05, 3.63) is 46.5 Å². The minimum Gasteiger partial charge on any atom is -0.491 e. The molecule has 1 amide bonds. The lowest BCUT2D eigenvalue weighted by molar-refractivity contribution is -0.143. The second-order valence-corrected chi connectivity index (χ2v) is 6.94. The number of halogens is 4. The van der Waals surface area contributed by atoms with Crippen LogP contribution in [-0.2, 0) is 17.9 Å². The second-order valence-electron chi connectivity index (χ2n) is 6.94. The van der Waals surface area contributed by atoms with Crippen LogP contribution in [0.1, 0.15) is 35.4 Å². The Labute approximate surface area is 159 Å². The molecule has 1 aromatic carbocycles. The van der Waals surface area contributed by atoms with Crippen LogP contribution >= 0.6 is 0 Å². The molecule has 5 nitrogen and oxygen atoms in total. The molecule has 0 fully saturated rings. The number of fused-ring (bicyclic) bond motifs is 1. The van der Waals surface area contributed by atoms with Crippen molar-refractivity contribution in [2.45, 2.75) is 46.0 Å². The van der Waals surface area contributed by atoms with Crippen LogP contribution in [0.3, 0.4) is 0 Å². The normalized spacial score (nSPS) is 15.6. The first-order valence-electron chi connectivity index (χ1n) is 8.87. The number of nitrogens with zero attached hydrogens (tertiary/aromatic N) is 3. The average Bonchev–Trinajstić information content (AvgIpc) is 2.76. The van der Waals surface area contributed by atoms with Crippen molar-refractivity contribution < 1.29 is 27.1 Å². The fourth-order valence-electron chi connectivity index (χ4n) is 3.59. The van der Waals surface area contributed by atoms with Crippen molar-refractivity contribution in [1.82, 2.24) is 14.7 Å². The van der Waals surface area contributed by atoms with Gasteiger partial charge in [0.1, 0.15) is 24.7 Å². The van der Waals surface area contributed by atoms with Crippen molar-refractivity contribution in [3.63, 3.8) is 0 Å². The maximum Gasteiger partial charge on any atom is 0.408 e. The van der Waals surface area contributed by atoms with E-state index in [0.29, 0.717) is 34.8 Å². The van der Waals surface area contributed by atoms with Crippen molar-refractivity contribution in [2.24, 2.45) is 0 Å². The molecular weight excluding hydrogens is 378 g/mol. The number of rotatable bonds is 3. The number of hydrogen-bond donors (Lipinski definition) is 0. The first-order chi connectivity index (χ1) is 13.1. The van der Waals surface area contributed by atoms with E-state index in [0.717, 1.165) is 4.68 Å². The van der Waals surface area contributed by atoms with Gasteiger partial charge in [0.25, 0.3) is 0 Å². The van der Waals surface area contributed by atoms with Gasteiger partial charge in [-0.15, -0.1) is 0 Å². The van der Waals surface area contributed by atoms with E-state index >= 15 is 0 Å². The van der Waals surface area contributed by atoms with E-state index in [9.17, 15) is 22.4 Å². The maximum absolute atomic E-state index is 13.4. The van der Waals surface area contributed by atoms with Gasteiger partial charge < -0.3 is 9.64 Å². The zero-order valence-electron chi connectivity index (χ0n) is 15.8. The first kappa shape index (κ1) is 20.2. The summed E-state index contributed by atoms with van der Waals surface area (Å²) in [6.45, 7) is 4.35. The number of hydrogen-bond acceptors (Lipinski definition) is 3. The minimum atomic E-state index is -4.39. The minimum absolute atomic E-state index is 0.209. The third-order valence-electron chi connectivity index (χ3n) is 4.89. The van der Waals surface area contributed by atoms with Gasteiger partial charge in [0.05, 0.1) is 18.2 Å². The van der Waals surface area contributed by atoms with Crippen molar-refractivity contribution in [1.29, 1.82) is 0 Å². The molecule has 2 aromatic rings. The van der Waals surface area contributed by atoms with Crippen LogP contribution in [0.4, 0.5) is 17.6 Å². The molecule has 1 aromatic heterocycles. The third-order valence-corrected chi connectivity index (χ3v) is 4.89. The predicted molar refractivity (Wildman–Crippen MR) is 93.5 cm³/mol. The number of aryl methyl sites for hydroxylation is 1. The Hall–Kier alpha value is -2.58. The van der Waals surface area contributed by atoms with Crippen molar-refractivity contribution in [2.75, 3.05) is 13.2 Å². The summed E-state index contributed by atoms with van der Waals surface area (Å²) < 4.78 is 58.1. The van der Waals surface area contributed by atoms with Gasteiger partial charge in [0, 0.05) is 29.4 Å². The fourth-order valence-corrected chi connectivity index (χ4v) is 3.59. The summed E-state index contributed by atoms with van der Waals surface area (Å²) in [4.78, 5) is 14.6. The van der Waals surface area contributed by atoms with Gasteiger partial charge in [-0.3, -0.25) is 9.48 Å². The van der Waals surface area contributed by atoms with Gasteiger partial charge >= 0.3 is 6.18 Å². The molecule has 28 heavy (non-hydrogen) atoms. The van der Waals surface area contributed by atoms with Crippen LogP contribution in [0.15, 0.2) is 18.2 Å². The quantitative estimate of drug-likeness (QED) is 0.739. The molecule has 1 unspecified atom stereocenters. The lowest BCUT2D eigenvalue weighted by Crippen LogP contribution is -2.35. The second kappa shape index (κ2) is 7.44. The Morgan fingerprint density at radius 3 is 2.71 bits per heavy atom. The highest BCUT2D eigenvalue weighted by Crippen LogP contribution is 2.30. The molecule has 0 radical (unpaired) electrons. The topological polar surface area (TPSA) is 47.4 Å². The number of benzene rings is 1. The number of carbonyl (C=O) groups is 1. The van der Waals surface area contributed by atoms with Crippen LogP contribution in [0.5, 0.6) is 5.75 Å². The summed E-state index contributed by atoms with van der Waals surface area (Å²) in [6.07, 6.45) is -4.39. The monoisotopic (exact) mass is 399 g/mol. The van der Waals surface area contributed by atoms with E-state index in [-0.39, 0.29) is 19.1 Å². The van der Waals surface area contributed by atoms with Gasteiger partial charge in [-0.25, -0.2) is 4.39 Å². The zero-order chi connectivity index (χ0) is 20.6. The molecule has 0 bridgehead atoms. The molecular formula is C19H21F4N3O2. The van der Waals surface area contributed by atoms with Crippen LogP contribution in [0, 0.1) is 19.7 Å². The summed E-state index contributed by atoms with van der Waals surface area (Å²) in [5.74, 6) is -0.925. The molecule has 1 aliphatic heterocycles. The molecule has 0 aliphatic carbocycles. The molecule has 3 rings (SSSR count). The number of amides is 1. The molecule has 1 aliphatic rings. The molecule has 0 spiro atoms. The van der Waals surface area contributed by atoms with E-state index in [4.69, 9.17) is 4.74 Å². The summed E-state index contributed by atoms with van der Waals surface area (Å²) in [5, 5.41) is 3.97. The number of aromatic nitrogens is 2. The van der Waals surface area contributed by atoms with Gasteiger partial charge in [-0.05, 0) is 26.8 Å². The van der Waals surface area contributed by atoms with Gasteiger partial charge in [-0.1, -0.05) is 6.07 Å². The molecule has 2 heterocycles. The zero-order valence-corrected chi connectivity index (χ0v) is 15.8. The smallest absolute Gasteiger partial charge is 0.408 e. The number of ether oxygens (including phenoxy) is 1. The van der Waals surface area contributed by atoms with Crippen molar-refractivity contribution >= 4 is 5.91 Å². The number of alkyl halides is 3. The van der Waals surface area contributed by atoms with Gasteiger partial charge in [0.15, 0.2) is 0 Å². The molecule has 0 N–H and O–H groups in total. The number of carbonyl (C=O) groups excluding carboxylic acids is 1. The Morgan fingerprint density at radius 2 is 2.04 bits per heavy atom. The average molecular weight is 399 g/mol. The van der Waals surface area contributed by atoms with Gasteiger partial charge in [-0.2, -0.15) is 18.3 Å². The van der Waals surface area contributed by atoms with E-state index < -0.39 is 24.5 Å². The molecule has 152 valence electrons. The summed E-state index contributed by atoms with van der Waals surface area (Å²) >= 11 is 0. The SMILES string of the molecule is Cc1nn(CC(F)(F)F)c(C)c1C(C)C(=O)N1CCOc2cc(F)ccc2C1. The van der Waals surface area contributed by atoms with E-state index in [1.54, 1.807) is 24.8 Å². The van der Waals surface area contributed by atoms with Crippen LogP contribution in [0.25, 0.3) is 0 Å². The van der Waals surface area contributed by atoms with Crippen molar-refractivity contribution in [3.8, 4) is 5.75 Å². The summed E-state index contributed by atoms with van der Waals surface area (Å²) in [6, 6.07) is 4.15. The third kappa shape index (κ3) is 4.13. The Bertz CT molecular complexity index is 892. The lowest BCUT2D eigenvalue weighted by Gasteiger charge is -2.24. The fraction of sp³-hybridized carbons (Fsp3) is 0.474. The highest BCUT2D eigenvalue weighted by Gasteiger charge is 2.33. The van der Waals surface area contributed by atoms with E-state index in [1.807, 2.05) is 0 Å². The standard InChI is InChI=1S/C19H21F4N3O2/c1-11(17-12(2)24-26(13(17)3)10-19(21,22)23)18(27)25-6-7-28-16-8-15(20)5-4-14(16)9-25/h4-5,8,11H,6-7,9-10H2,1-3H3. The Morgan fingerprint density at radius 1 is 1.32 bits per heavy atom. The summed E-state index contributed by atoms with van der Waals surface area (Å²) in [7, 11) is 0. The van der Waals surface area contributed by atoms with Crippen LogP contribution in [0.2, 0.25) is 0 Å². The highest BCUT2D eigenvalue weighted by molar-refractivity contribution is 5.84. The largest absolute Gasteiger partial charge is 0.491 e. The summed E-state index contributed by atoms with van der Waals surface area (Å²) in [5.41, 5.74) is 1.90. The van der Waals surface area contributed by atoms with Crippen LogP contribution in [-0.4, -0.2) is 39.9 Å². The molecule has 0 saturated carbocycles. The highest BCUT2D eigenvalue weighted by atomic mass is 19.4. The van der Waals surface area contributed by atoms with E-state index in [1.165, 1.54) is 19.1 Å². The first-order valence-corrected chi connectivity index (χ1v) is 8.87.